The van der Waals surface area contributed by atoms with Crippen LogP contribution in [0.5, 0.6) is 0 Å². The zero-order valence-corrected chi connectivity index (χ0v) is 13.5. The predicted molar refractivity (Wildman–Crippen MR) is 78.5 cm³/mol. The second-order valence-corrected chi connectivity index (χ2v) is 8.15. The van der Waals surface area contributed by atoms with Crippen molar-refractivity contribution >= 4 is 10.2 Å². The number of nitrogens with zero attached hydrogens (tertiary/aromatic N) is 2. The minimum absolute atomic E-state index is 0.0540. The Morgan fingerprint density at radius 1 is 1.10 bits per heavy atom. The highest BCUT2D eigenvalue weighted by Crippen LogP contribution is 2.25. The molecule has 2 aliphatic rings. The molecule has 0 radical (unpaired) electrons. The molecule has 0 spiro atoms. The zero-order valence-electron chi connectivity index (χ0n) is 12.7. The van der Waals surface area contributed by atoms with Crippen molar-refractivity contribution in [2.45, 2.75) is 63.8 Å². The van der Waals surface area contributed by atoms with Gasteiger partial charge in [-0.1, -0.05) is 0 Å². The molecule has 118 valence electrons. The van der Waals surface area contributed by atoms with Gasteiger partial charge in [-0.2, -0.15) is 17.0 Å². The van der Waals surface area contributed by atoms with E-state index in [1.165, 1.54) is 0 Å². The monoisotopic (exact) mass is 305 g/mol. The summed E-state index contributed by atoms with van der Waals surface area (Å²) in [4.78, 5) is 0. The van der Waals surface area contributed by atoms with Gasteiger partial charge in [0.1, 0.15) is 0 Å². The van der Waals surface area contributed by atoms with Gasteiger partial charge < -0.3 is 10.5 Å². The quantitative estimate of drug-likeness (QED) is 0.826. The van der Waals surface area contributed by atoms with Crippen LogP contribution in [0.1, 0.15) is 39.5 Å². The van der Waals surface area contributed by atoms with Crippen molar-refractivity contribution in [2.24, 2.45) is 5.73 Å². The molecule has 2 atom stereocenters. The second kappa shape index (κ2) is 6.27. The number of morpholine rings is 1. The molecule has 1 heterocycles. The minimum Gasteiger partial charge on any atom is -0.373 e. The lowest BCUT2D eigenvalue weighted by molar-refractivity contribution is -0.0456. The Labute approximate surface area is 122 Å². The highest BCUT2D eigenvalue weighted by Gasteiger charge is 2.37. The third kappa shape index (κ3) is 3.51. The Kier molecular flexibility index (Phi) is 5.07. The SMILES string of the molecule is CC1CN(S(=O)(=O)N(C)C2CCC(N)CC2)CC(C)O1. The highest BCUT2D eigenvalue weighted by atomic mass is 32.2. The van der Waals surface area contributed by atoms with E-state index >= 15 is 0 Å². The van der Waals surface area contributed by atoms with Gasteiger partial charge in [0.15, 0.2) is 0 Å². The summed E-state index contributed by atoms with van der Waals surface area (Å²) in [6.45, 7) is 4.70. The number of hydrogen-bond acceptors (Lipinski definition) is 4. The first-order valence-corrected chi connectivity index (χ1v) is 8.84. The fraction of sp³-hybridized carbons (Fsp3) is 1.00. The molecular formula is C13H27N3O3S. The van der Waals surface area contributed by atoms with E-state index in [9.17, 15) is 8.42 Å². The molecule has 0 aromatic rings. The lowest BCUT2D eigenvalue weighted by Crippen LogP contribution is -2.54. The smallest absolute Gasteiger partial charge is 0.282 e. The topological polar surface area (TPSA) is 75.9 Å². The Hall–Kier alpha value is -0.210. The number of ether oxygens (including phenoxy) is 1. The van der Waals surface area contributed by atoms with Crippen molar-refractivity contribution in [3.63, 3.8) is 0 Å². The summed E-state index contributed by atoms with van der Waals surface area (Å²) in [6, 6.07) is 0.305. The molecule has 2 rings (SSSR count). The third-order valence-electron chi connectivity index (χ3n) is 4.33. The first-order chi connectivity index (χ1) is 9.30. The summed E-state index contributed by atoms with van der Waals surface area (Å²) < 4.78 is 34.2. The second-order valence-electron chi connectivity index (χ2n) is 6.17. The Morgan fingerprint density at radius 2 is 1.60 bits per heavy atom. The van der Waals surface area contributed by atoms with Crippen LogP contribution in [0.4, 0.5) is 0 Å². The van der Waals surface area contributed by atoms with Crippen LogP contribution in [-0.2, 0) is 14.9 Å². The maximum absolute atomic E-state index is 12.7. The molecule has 6 nitrogen and oxygen atoms in total. The van der Waals surface area contributed by atoms with Crippen LogP contribution < -0.4 is 5.73 Å². The van der Waals surface area contributed by atoms with Crippen molar-refractivity contribution in [3.05, 3.63) is 0 Å². The van der Waals surface area contributed by atoms with Gasteiger partial charge in [-0.15, -0.1) is 0 Å². The first kappa shape index (κ1) is 16.2. The van der Waals surface area contributed by atoms with Crippen LogP contribution in [0.2, 0.25) is 0 Å². The molecule has 1 aliphatic carbocycles. The molecule has 0 aromatic carbocycles. The van der Waals surface area contributed by atoms with E-state index in [4.69, 9.17) is 10.5 Å². The number of rotatable bonds is 3. The van der Waals surface area contributed by atoms with E-state index in [2.05, 4.69) is 0 Å². The Morgan fingerprint density at radius 3 is 2.10 bits per heavy atom. The summed E-state index contributed by atoms with van der Waals surface area (Å²) in [7, 11) is -1.70. The summed E-state index contributed by atoms with van der Waals surface area (Å²) in [5.74, 6) is 0. The highest BCUT2D eigenvalue weighted by molar-refractivity contribution is 7.86. The van der Waals surface area contributed by atoms with Gasteiger partial charge in [0.05, 0.1) is 12.2 Å². The van der Waals surface area contributed by atoms with E-state index in [0.717, 1.165) is 25.7 Å². The van der Waals surface area contributed by atoms with Gasteiger partial charge in [-0.3, -0.25) is 0 Å². The molecule has 1 aliphatic heterocycles. The summed E-state index contributed by atoms with van der Waals surface area (Å²) >= 11 is 0. The number of nitrogens with two attached hydrogens (primary N) is 1. The lowest BCUT2D eigenvalue weighted by atomic mass is 9.92. The van der Waals surface area contributed by atoms with Crippen LogP contribution >= 0.6 is 0 Å². The molecule has 1 saturated heterocycles. The molecule has 2 fully saturated rings. The predicted octanol–water partition coefficient (Wildman–Crippen LogP) is 0.542. The normalized spacial score (nSPS) is 37.2. The molecule has 0 aromatic heterocycles. The molecular weight excluding hydrogens is 278 g/mol. The van der Waals surface area contributed by atoms with Crippen LogP contribution in [-0.4, -0.2) is 61.5 Å². The van der Waals surface area contributed by atoms with Crippen molar-refractivity contribution in [2.75, 3.05) is 20.1 Å². The lowest BCUT2D eigenvalue weighted by Gasteiger charge is -2.39. The molecule has 7 heteroatoms. The van der Waals surface area contributed by atoms with Crippen LogP contribution in [0, 0.1) is 0 Å². The number of hydrogen-bond donors (Lipinski definition) is 1. The summed E-state index contributed by atoms with van der Waals surface area (Å²) in [6.07, 6.45) is 3.41. The van der Waals surface area contributed by atoms with E-state index in [1.807, 2.05) is 13.8 Å². The van der Waals surface area contributed by atoms with Crippen molar-refractivity contribution in [3.8, 4) is 0 Å². The standard InChI is InChI=1S/C13H27N3O3S/c1-10-8-16(9-11(2)19-10)20(17,18)15(3)13-6-4-12(14)5-7-13/h10-13H,4-9,14H2,1-3H3. The van der Waals surface area contributed by atoms with Gasteiger partial charge >= 0.3 is 0 Å². The van der Waals surface area contributed by atoms with Crippen LogP contribution in [0.15, 0.2) is 0 Å². The van der Waals surface area contributed by atoms with Crippen molar-refractivity contribution in [1.82, 2.24) is 8.61 Å². The fourth-order valence-corrected chi connectivity index (χ4v) is 4.90. The molecule has 0 amide bonds. The fourth-order valence-electron chi connectivity index (χ4n) is 3.15. The largest absolute Gasteiger partial charge is 0.373 e. The Balaban J connectivity index is 2.05. The Bertz CT molecular complexity index is 411. The maximum Gasteiger partial charge on any atom is 0.282 e. The van der Waals surface area contributed by atoms with Crippen molar-refractivity contribution in [1.29, 1.82) is 0 Å². The molecule has 0 bridgehead atoms. The van der Waals surface area contributed by atoms with Gasteiger partial charge in [-0.05, 0) is 39.5 Å². The first-order valence-electron chi connectivity index (χ1n) is 7.45. The molecule has 2 N–H and O–H groups in total. The summed E-state index contributed by atoms with van der Waals surface area (Å²) in [5.41, 5.74) is 5.89. The zero-order chi connectivity index (χ0) is 14.9. The van der Waals surface area contributed by atoms with Crippen LogP contribution in [0.25, 0.3) is 0 Å². The van der Waals surface area contributed by atoms with Gasteiger partial charge in [-0.25, -0.2) is 0 Å². The average molecular weight is 305 g/mol. The molecule has 1 saturated carbocycles. The van der Waals surface area contributed by atoms with E-state index in [-0.39, 0.29) is 24.3 Å². The molecule has 20 heavy (non-hydrogen) atoms. The van der Waals surface area contributed by atoms with Gasteiger partial charge in [0.2, 0.25) is 0 Å². The van der Waals surface area contributed by atoms with E-state index in [0.29, 0.717) is 13.1 Å². The molecule has 2 unspecified atom stereocenters. The third-order valence-corrected chi connectivity index (χ3v) is 6.31. The van der Waals surface area contributed by atoms with Gasteiger partial charge in [0.25, 0.3) is 10.2 Å². The van der Waals surface area contributed by atoms with Gasteiger partial charge in [0, 0.05) is 32.2 Å². The van der Waals surface area contributed by atoms with Crippen molar-refractivity contribution < 1.29 is 13.2 Å². The van der Waals surface area contributed by atoms with E-state index in [1.54, 1.807) is 15.7 Å². The van der Waals surface area contributed by atoms with E-state index < -0.39 is 10.2 Å². The maximum atomic E-state index is 12.7. The summed E-state index contributed by atoms with van der Waals surface area (Å²) in [5, 5.41) is 0. The van der Waals surface area contributed by atoms with Crippen LogP contribution in [0.3, 0.4) is 0 Å². The average Bonchev–Trinajstić information content (AvgIpc) is 2.37. The minimum atomic E-state index is -3.40.